The minimum atomic E-state index is 0.473. The highest BCUT2D eigenvalue weighted by Crippen LogP contribution is 2.19. The molecule has 1 saturated heterocycles. The molecule has 120 valence electrons. The monoisotopic (exact) mass is 294 g/mol. The second-order valence-electron chi connectivity index (χ2n) is 6.80. The molecule has 5 heteroatoms. The Balaban J connectivity index is 1.73. The predicted octanol–water partition coefficient (Wildman–Crippen LogP) is 1.95. The van der Waals surface area contributed by atoms with Crippen molar-refractivity contribution in [2.24, 2.45) is 5.92 Å². The van der Waals surface area contributed by atoms with E-state index in [1.165, 1.54) is 32.5 Å². The summed E-state index contributed by atoms with van der Waals surface area (Å²) in [5.41, 5.74) is 1.00. The molecule has 1 aromatic heterocycles. The fourth-order valence-electron chi connectivity index (χ4n) is 2.89. The van der Waals surface area contributed by atoms with Crippen LogP contribution in [0.2, 0.25) is 0 Å². The number of nitrogens with one attached hydrogen (secondary N) is 1. The Kier molecular flexibility index (Phi) is 6.21. The van der Waals surface area contributed by atoms with Gasteiger partial charge < -0.3 is 14.7 Å². The molecule has 1 aromatic rings. The van der Waals surface area contributed by atoms with E-state index in [1.807, 2.05) is 0 Å². The standard InChI is InChI=1S/C16H30N4O/c1-13(2)17-10-15-9-16(21-18-15)12-20-7-5-14(6-8-20)11-19(3)4/h9,13-14,17H,5-8,10-12H2,1-4H3. The van der Waals surface area contributed by atoms with E-state index in [9.17, 15) is 0 Å². The third kappa shape index (κ3) is 5.77. The van der Waals surface area contributed by atoms with Gasteiger partial charge in [-0.2, -0.15) is 0 Å². The first-order chi connectivity index (χ1) is 10.0. The summed E-state index contributed by atoms with van der Waals surface area (Å²) in [6.07, 6.45) is 2.57. The van der Waals surface area contributed by atoms with Crippen LogP contribution in [0.1, 0.15) is 38.1 Å². The van der Waals surface area contributed by atoms with Crippen LogP contribution >= 0.6 is 0 Å². The second kappa shape index (κ2) is 7.92. The van der Waals surface area contributed by atoms with Crippen LogP contribution in [-0.4, -0.2) is 54.7 Å². The van der Waals surface area contributed by atoms with Crippen molar-refractivity contribution < 1.29 is 4.52 Å². The molecule has 0 amide bonds. The number of hydrogen-bond donors (Lipinski definition) is 1. The van der Waals surface area contributed by atoms with Gasteiger partial charge in [-0.1, -0.05) is 19.0 Å². The lowest BCUT2D eigenvalue weighted by Crippen LogP contribution is -2.36. The van der Waals surface area contributed by atoms with Crippen molar-refractivity contribution in [2.45, 2.75) is 45.8 Å². The van der Waals surface area contributed by atoms with Gasteiger partial charge in [0.25, 0.3) is 0 Å². The van der Waals surface area contributed by atoms with Crippen LogP contribution in [0.4, 0.5) is 0 Å². The average Bonchev–Trinajstić information content (AvgIpc) is 2.86. The minimum Gasteiger partial charge on any atom is -0.360 e. The van der Waals surface area contributed by atoms with Crippen molar-refractivity contribution in [3.05, 3.63) is 17.5 Å². The first-order valence-corrected chi connectivity index (χ1v) is 8.08. The van der Waals surface area contributed by atoms with Crippen molar-refractivity contribution >= 4 is 0 Å². The van der Waals surface area contributed by atoms with Gasteiger partial charge >= 0.3 is 0 Å². The van der Waals surface area contributed by atoms with Crippen LogP contribution in [0.25, 0.3) is 0 Å². The molecule has 0 radical (unpaired) electrons. The molecule has 1 aliphatic heterocycles. The van der Waals surface area contributed by atoms with Crippen molar-refractivity contribution in [1.82, 2.24) is 20.3 Å². The molecule has 1 fully saturated rings. The summed E-state index contributed by atoms with van der Waals surface area (Å²) in [6.45, 7) is 9.49. The van der Waals surface area contributed by atoms with Crippen molar-refractivity contribution in [3.8, 4) is 0 Å². The highest BCUT2D eigenvalue weighted by atomic mass is 16.5. The first-order valence-electron chi connectivity index (χ1n) is 8.08. The van der Waals surface area contributed by atoms with Crippen LogP contribution in [0.15, 0.2) is 10.6 Å². The Bertz CT molecular complexity index is 408. The van der Waals surface area contributed by atoms with E-state index < -0.39 is 0 Å². The smallest absolute Gasteiger partial charge is 0.151 e. The second-order valence-corrected chi connectivity index (χ2v) is 6.80. The van der Waals surface area contributed by atoms with Crippen molar-refractivity contribution in [2.75, 3.05) is 33.7 Å². The number of aromatic nitrogens is 1. The van der Waals surface area contributed by atoms with Crippen LogP contribution < -0.4 is 5.32 Å². The van der Waals surface area contributed by atoms with Gasteiger partial charge in [-0.15, -0.1) is 0 Å². The SMILES string of the molecule is CC(C)NCc1cc(CN2CCC(CN(C)C)CC2)on1. The molecule has 21 heavy (non-hydrogen) atoms. The largest absolute Gasteiger partial charge is 0.360 e. The van der Waals surface area contributed by atoms with E-state index in [-0.39, 0.29) is 0 Å². The average molecular weight is 294 g/mol. The molecule has 0 spiro atoms. The van der Waals surface area contributed by atoms with Crippen LogP contribution in [0.5, 0.6) is 0 Å². The Hall–Kier alpha value is -0.910. The quantitative estimate of drug-likeness (QED) is 0.833. The summed E-state index contributed by atoms with van der Waals surface area (Å²) >= 11 is 0. The molecular formula is C16H30N4O. The lowest BCUT2D eigenvalue weighted by molar-refractivity contribution is 0.145. The van der Waals surface area contributed by atoms with E-state index >= 15 is 0 Å². The highest BCUT2D eigenvalue weighted by molar-refractivity contribution is 5.05. The molecule has 5 nitrogen and oxygen atoms in total. The van der Waals surface area contributed by atoms with E-state index in [2.05, 4.69) is 54.3 Å². The van der Waals surface area contributed by atoms with Gasteiger partial charge in [0.05, 0.1) is 12.2 Å². The molecule has 0 saturated carbocycles. The number of rotatable bonds is 7. The van der Waals surface area contributed by atoms with E-state index in [4.69, 9.17) is 4.52 Å². The van der Waals surface area contributed by atoms with Crippen LogP contribution in [0, 0.1) is 5.92 Å². The summed E-state index contributed by atoms with van der Waals surface area (Å²) in [5, 5.41) is 7.50. The number of nitrogens with zero attached hydrogens (tertiary/aromatic N) is 3. The fourth-order valence-corrected chi connectivity index (χ4v) is 2.89. The molecule has 0 aromatic carbocycles. The zero-order valence-electron chi connectivity index (χ0n) is 13.9. The maximum Gasteiger partial charge on any atom is 0.151 e. The maximum atomic E-state index is 5.45. The van der Waals surface area contributed by atoms with Crippen LogP contribution in [-0.2, 0) is 13.1 Å². The van der Waals surface area contributed by atoms with E-state index in [0.717, 1.165) is 30.5 Å². The number of piperidine rings is 1. The molecule has 2 rings (SSSR count). The van der Waals surface area contributed by atoms with Crippen molar-refractivity contribution in [3.63, 3.8) is 0 Å². The number of hydrogen-bond acceptors (Lipinski definition) is 5. The normalized spacial score (nSPS) is 18.0. The molecular weight excluding hydrogens is 264 g/mol. The molecule has 1 N–H and O–H groups in total. The first kappa shape index (κ1) is 16.5. The highest BCUT2D eigenvalue weighted by Gasteiger charge is 2.20. The zero-order valence-corrected chi connectivity index (χ0v) is 13.9. The summed E-state index contributed by atoms with van der Waals surface area (Å²) in [6, 6.07) is 2.56. The molecule has 0 bridgehead atoms. The Labute approximate surface area is 128 Å². The lowest BCUT2D eigenvalue weighted by atomic mass is 9.96. The number of likely N-dealkylation sites (tertiary alicyclic amines) is 1. The summed E-state index contributed by atoms with van der Waals surface area (Å²) in [7, 11) is 4.32. The molecule has 0 aliphatic carbocycles. The van der Waals surface area contributed by atoms with Gasteiger partial charge in [-0.25, -0.2) is 0 Å². The minimum absolute atomic E-state index is 0.473. The van der Waals surface area contributed by atoms with E-state index in [0.29, 0.717) is 6.04 Å². The van der Waals surface area contributed by atoms with Crippen LogP contribution in [0.3, 0.4) is 0 Å². The summed E-state index contributed by atoms with van der Waals surface area (Å²) in [5.74, 6) is 1.83. The Morgan fingerprint density at radius 2 is 2.10 bits per heavy atom. The zero-order chi connectivity index (χ0) is 15.2. The van der Waals surface area contributed by atoms with Gasteiger partial charge in [0.1, 0.15) is 0 Å². The van der Waals surface area contributed by atoms with E-state index in [1.54, 1.807) is 0 Å². The molecule has 1 aliphatic rings. The molecule has 0 unspecified atom stereocenters. The predicted molar refractivity (Wildman–Crippen MR) is 85.0 cm³/mol. The van der Waals surface area contributed by atoms with Crippen molar-refractivity contribution in [1.29, 1.82) is 0 Å². The molecule has 2 heterocycles. The third-order valence-corrected chi connectivity index (χ3v) is 4.01. The summed E-state index contributed by atoms with van der Waals surface area (Å²) in [4.78, 5) is 4.77. The van der Waals surface area contributed by atoms with Gasteiger partial charge in [0.15, 0.2) is 5.76 Å². The van der Waals surface area contributed by atoms with Gasteiger partial charge in [-0.3, -0.25) is 4.90 Å². The third-order valence-electron chi connectivity index (χ3n) is 4.01. The fraction of sp³-hybridized carbons (Fsp3) is 0.812. The Morgan fingerprint density at radius 3 is 2.71 bits per heavy atom. The summed E-state index contributed by atoms with van der Waals surface area (Å²) < 4.78 is 5.45. The van der Waals surface area contributed by atoms with Gasteiger partial charge in [0, 0.05) is 25.2 Å². The molecule has 0 atom stereocenters. The lowest BCUT2D eigenvalue weighted by Gasteiger charge is -2.32. The van der Waals surface area contributed by atoms with Gasteiger partial charge in [-0.05, 0) is 45.9 Å². The topological polar surface area (TPSA) is 44.5 Å². The Morgan fingerprint density at radius 1 is 1.38 bits per heavy atom. The van der Waals surface area contributed by atoms with Gasteiger partial charge in [0.2, 0.25) is 0 Å². The maximum absolute atomic E-state index is 5.45.